The predicted molar refractivity (Wildman–Crippen MR) is 61.6 cm³/mol. The van der Waals surface area contributed by atoms with Crippen molar-refractivity contribution in [2.24, 2.45) is 11.5 Å². The summed E-state index contributed by atoms with van der Waals surface area (Å²) in [6.07, 6.45) is 0.698. The van der Waals surface area contributed by atoms with E-state index >= 15 is 0 Å². The average Bonchev–Trinajstić information content (AvgIpc) is 2.27. The van der Waals surface area contributed by atoms with Gasteiger partial charge in [-0.3, -0.25) is 9.59 Å². The van der Waals surface area contributed by atoms with Gasteiger partial charge in [-0.15, -0.1) is 0 Å². The third-order valence-corrected chi connectivity index (χ3v) is 2.33. The van der Waals surface area contributed by atoms with E-state index in [-0.39, 0.29) is 18.6 Å². The molecule has 1 atom stereocenters. The molecular weight excluding hydrogens is 204 g/mol. The summed E-state index contributed by atoms with van der Waals surface area (Å²) in [5.41, 5.74) is 11.7. The van der Waals surface area contributed by atoms with Crippen LogP contribution in [0.25, 0.3) is 0 Å². The summed E-state index contributed by atoms with van der Waals surface area (Å²) < 4.78 is 0. The van der Waals surface area contributed by atoms with Crippen molar-refractivity contribution >= 4 is 11.7 Å². The first-order valence-corrected chi connectivity index (χ1v) is 5.20. The van der Waals surface area contributed by atoms with Crippen LogP contribution < -0.4 is 11.5 Å². The van der Waals surface area contributed by atoms with Crippen molar-refractivity contribution in [3.63, 3.8) is 0 Å². The standard InChI is InChI=1S/C12H16N2O2/c13-10(11(15)6-7-12(14)16)8-9-4-2-1-3-5-9/h1-5,10H,6-8,13H2,(H2,14,16)/t10-/m0/s1. The molecule has 0 heterocycles. The molecule has 0 aliphatic carbocycles. The molecule has 1 amide bonds. The molecule has 0 fully saturated rings. The Morgan fingerprint density at radius 3 is 2.31 bits per heavy atom. The number of carbonyl (C=O) groups is 2. The highest BCUT2D eigenvalue weighted by atomic mass is 16.1. The van der Waals surface area contributed by atoms with Crippen LogP contribution in [0.15, 0.2) is 30.3 Å². The SMILES string of the molecule is NC(=O)CCC(=O)[C@@H](N)Cc1ccccc1. The molecule has 0 saturated heterocycles. The Bertz CT molecular complexity index is 363. The fourth-order valence-corrected chi connectivity index (χ4v) is 1.41. The molecule has 0 saturated carbocycles. The number of nitrogens with two attached hydrogens (primary N) is 2. The molecular formula is C12H16N2O2. The molecule has 1 aromatic carbocycles. The molecule has 0 aromatic heterocycles. The lowest BCUT2D eigenvalue weighted by Gasteiger charge is -2.09. The van der Waals surface area contributed by atoms with E-state index in [2.05, 4.69) is 0 Å². The number of carbonyl (C=O) groups excluding carboxylic acids is 2. The zero-order valence-corrected chi connectivity index (χ0v) is 9.06. The van der Waals surface area contributed by atoms with E-state index in [0.29, 0.717) is 6.42 Å². The van der Waals surface area contributed by atoms with Gasteiger partial charge < -0.3 is 11.5 Å². The number of ketones is 1. The quantitative estimate of drug-likeness (QED) is 0.727. The van der Waals surface area contributed by atoms with Crippen LogP contribution >= 0.6 is 0 Å². The molecule has 0 aliphatic rings. The van der Waals surface area contributed by atoms with Crippen molar-refractivity contribution in [2.45, 2.75) is 25.3 Å². The van der Waals surface area contributed by atoms with Crippen LogP contribution in [0.3, 0.4) is 0 Å². The molecule has 1 rings (SSSR count). The van der Waals surface area contributed by atoms with Crippen LogP contribution in [-0.2, 0) is 16.0 Å². The van der Waals surface area contributed by atoms with Gasteiger partial charge in [-0.2, -0.15) is 0 Å². The lowest BCUT2D eigenvalue weighted by atomic mass is 10.0. The monoisotopic (exact) mass is 220 g/mol. The second kappa shape index (κ2) is 6.02. The highest BCUT2D eigenvalue weighted by Crippen LogP contribution is 2.04. The molecule has 0 bridgehead atoms. The topological polar surface area (TPSA) is 86.2 Å². The van der Waals surface area contributed by atoms with Crippen LogP contribution in [0.4, 0.5) is 0 Å². The fraction of sp³-hybridized carbons (Fsp3) is 0.333. The number of primary amides is 1. The summed E-state index contributed by atoms with van der Waals surface area (Å²) in [6.45, 7) is 0. The predicted octanol–water partition coefficient (Wildman–Crippen LogP) is 0.391. The minimum atomic E-state index is -0.554. The summed E-state index contributed by atoms with van der Waals surface area (Å²) >= 11 is 0. The van der Waals surface area contributed by atoms with Gasteiger partial charge >= 0.3 is 0 Å². The zero-order valence-electron chi connectivity index (χ0n) is 9.06. The second-order valence-electron chi connectivity index (χ2n) is 3.73. The van der Waals surface area contributed by atoms with Gasteiger partial charge in [-0.1, -0.05) is 30.3 Å². The maximum atomic E-state index is 11.5. The van der Waals surface area contributed by atoms with Gasteiger partial charge in [-0.05, 0) is 12.0 Å². The van der Waals surface area contributed by atoms with Gasteiger partial charge in [0, 0.05) is 12.8 Å². The van der Waals surface area contributed by atoms with Gasteiger partial charge in [-0.25, -0.2) is 0 Å². The number of Topliss-reactive ketones (excluding diaryl/α,β-unsaturated/α-hetero) is 1. The largest absolute Gasteiger partial charge is 0.370 e. The Labute approximate surface area is 94.6 Å². The number of rotatable bonds is 6. The maximum absolute atomic E-state index is 11.5. The molecule has 0 radical (unpaired) electrons. The van der Waals surface area contributed by atoms with Crippen LogP contribution in [0.5, 0.6) is 0 Å². The van der Waals surface area contributed by atoms with Gasteiger partial charge in [0.05, 0.1) is 6.04 Å². The fourth-order valence-electron chi connectivity index (χ4n) is 1.41. The highest BCUT2D eigenvalue weighted by Gasteiger charge is 2.14. The van der Waals surface area contributed by atoms with E-state index in [1.807, 2.05) is 30.3 Å². The lowest BCUT2D eigenvalue weighted by molar-refractivity contribution is -0.124. The van der Waals surface area contributed by atoms with E-state index in [9.17, 15) is 9.59 Å². The molecule has 16 heavy (non-hydrogen) atoms. The maximum Gasteiger partial charge on any atom is 0.217 e. The van der Waals surface area contributed by atoms with Crippen molar-refractivity contribution in [3.05, 3.63) is 35.9 Å². The average molecular weight is 220 g/mol. The first-order valence-electron chi connectivity index (χ1n) is 5.20. The Morgan fingerprint density at radius 2 is 1.75 bits per heavy atom. The number of hydrogen-bond donors (Lipinski definition) is 2. The Balaban J connectivity index is 2.43. The highest BCUT2D eigenvalue weighted by molar-refractivity contribution is 5.87. The summed E-state index contributed by atoms with van der Waals surface area (Å²) in [7, 11) is 0. The second-order valence-corrected chi connectivity index (χ2v) is 3.73. The van der Waals surface area contributed by atoms with Crippen LogP contribution in [0.2, 0.25) is 0 Å². The zero-order chi connectivity index (χ0) is 12.0. The summed E-state index contributed by atoms with van der Waals surface area (Å²) in [4.78, 5) is 22.0. The van der Waals surface area contributed by atoms with E-state index in [1.165, 1.54) is 0 Å². The van der Waals surface area contributed by atoms with E-state index in [1.54, 1.807) is 0 Å². The number of amides is 1. The van der Waals surface area contributed by atoms with Gasteiger partial charge in [0.25, 0.3) is 0 Å². The first kappa shape index (κ1) is 12.4. The van der Waals surface area contributed by atoms with Crippen molar-refractivity contribution in [1.82, 2.24) is 0 Å². The van der Waals surface area contributed by atoms with Crippen molar-refractivity contribution in [2.75, 3.05) is 0 Å². The third kappa shape index (κ3) is 4.23. The van der Waals surface area contributed by atoms with Gasteiger partial charge in [0.15, 0.2) is 0 Å². The van der Waals surface area contributed by atoms with Crippen molar-refractivity contribution in [3.8, 4) is 0 Å². The minimum absolute atomic E-state index is 0.0708. The minimum Gasteiger partial charge on any atom is -0.370 e. The van der Waals surface area contributed by atoms with Gasteiger partial charge in [0.2, 0.25) is 5.91 Å². The van der Waals surface area contributed by atoms with E-state index in [4.69, 9.17) is 11.5 Å². The molecule has 4 N–H and O–H groups in total. The number of hydrogen-bond acceptors (Lipinski definition) is 3. The van der Waals surface area contributed by atoms with Crippen molar-refractivity contribution < 1.29 is 9.59 Å². The summed E-state index contributed by atoms with van der Waals surface area (Å²) in [6, 6.07) is 8.99. The Morgan fingerprint density at radius 1 is 1.12 bits per heavy atom. The number of benzene rings is 1. The van der Waals surface area contributed by atoms with Crippen LogP contribution in [-0.4, -0.2) is 17.7 Å². The lowest BCUT2D eigenvalue weighted by Crippen LogP contribution is -2.33. The van der Waals surface area contributed by atoms with E-state index in [0.717, 1.165) is 5.56 Å². The van der Waals surface area contributed by atoms with E-state index < -0.39 is 11.9 Å². The molecule has 0 aliphatic heterocycles. The first-order chi connectivity index (χ1) is 7.59. The Hall–Kier alpha value is -1.68. The van der Waals surface area contributed by atoms with Crippen molar-refractivity contribution in [1.29, 1.82) is 0 Å². The third-order valence-electron chi connectivity index (χ3n) is 2.33. The molecule has 4 heteroatoms. The molecule has 0 spiro atoms. The molecule has 86 valence electrons. The summed E-state index contributed by atoms with van der Waals surface area (Å²) in [5.74, 6) is -0.595. The normalized spacial score (nSPS) is 12.1. The van der Waals surface area contributed by atoms with Crippen LogP contribution in [0.1, 0.15) is 18.4 Å². The van der Waals surface area contributed by atoms with Gasteiger partial charge in [0.1, 0.15) is 5.78 Å². The summed E-state index contributed by atoms with van der Waals surface area (Å²) in [5, 5.41) is 0. The van der Waals surface area contributed by atoms with Crippen LogP contribution in [0, 0.1) is 0 Å². The Kier molecular flexibility index (Phi) is 4.66. The molecule has 0 unspecified atom stereocenters. The molecule has 1 aromatic rings. The smallest absolute Gasteiger partial charge is 0.217 e. The molecule has 4 nitrogen and oxygen atoms in total.